The van der Waals surface area contributed by atoms with Crippen LogP contribution >= 0.6 is 22.9 Å². The van der Waals surface area contributed by atoms with Crippen LogP contribution in [0.2, 0.25) is 5.02 Å². The van der Waals surface area contributed by atoms with Gasteiger partial charge in [-0.25, -0.2) is 4.98 Å². The van der Waals surface area contributed by atoms with Crippen LogP contribution in [0.5, 0.6) is 0 Å². The fourth-order valence-corrected chi connectivity index (χ4v) is 4.91. The highest BCUT2D eigenvalue weighted by Crippen LogP contribution is 2.21. The van der Waals surface area contributed by atoms with Gasteiger partial charge in [0.05, 0.1) is 23.7 Å². The maximum Gasteiger partial charge on any atom is 0.275 e. The van der Waals surface area contributed by atoms with Crippen molar-refractivity contribution in [3.63, 3.8) is 0 Å². The van der Waals surface area contributed by atoms with Gasteiger partial charge < -0.3 is 14.8 Å². The van der Waals surface area contributed by atoms with Gasteiger partial charge >= 0.3 is 0 Å². The molecular weight excluding hydrogens is 492 g/mol. The number of hydrogen-bond donors (Lipinski definition) is 1. The Morgan fingerprint density at radius 1 is 1.08 bits per heavy atom. The lowest BCUT2D eigenvalue weighted by atomic mass is 10.1. The summed E-state index contributed by atoms with van der Waals surface area (Å²) in [7, 11) is 0. The van der Waals surface area contributed by atoms with E-state index in [4.69, 9.17) is 11.6 Å². The quantitative estimate of drug-likeness (QED) is 0.271. The van der Waals surface area contributed by atoms with Crippen LogP contribution in [-0.4, -0.2) is 32.8 Å². The summed E-state index contributed by atoms with van der Waals surface area (Å²) >= 11 is 7.73. The van der Waals surface area contributed by atoms with E-state index in [2.05, 4.69) is 14.9 Å². The Morgan fingerprint density at radius 3 is 2.64 bits per heavy atom. The van der Waals surface area contributed by atoms with Crippen molar-refractivity contribution in [3.05, 3.63) is 104 Å². The molecule has 0 radical (unpaired) electrons. The normalized spacial score (nSPS) is 10.9. The number of carbonyl (C=O) groups excluding carboxylic acids is 2. The van der Waals surface area contributed by atoms with Gasteiger partial charge in [0.2, 0.25) is 0 Å². The van der Waals surface area contributed by atoms with Crippen molar-refractivity contribution >= 4 is 40.4 Å². The fraction of sp³-hybridized carbons (Fsp3) is 0.250. The molecule has 2 aromatic carbocycles. The zero-order chi connectivity index (χ0) is 25.7. The Labute approximate surface area is 220 Å². The van der Waals surface area contributed by atoms with Crippen molar-refractivity contribution in [1.82, 2.24) is 14.5 Å². The third kappa shape index (κ3) is 6.04. The summed E-state index contributed by atoms with van der Waals surface area (Å²) in [5.41, 5.74) is 4.94. The van der Waals surface area contributed by atoms with Crippen molar-refractivity contribution in [2.24, 2.45) is 0 Å². The van der Waals surface area contributed by atoms with Crippen LogP contribution in [0.15, 0.2) is 66.2 Å². The molecule has 6 nitrogen and oxygen atoms in total. The standard InChI is InChI=1S/C28H29ClN4O2S/c1-4-13-33(28(35)23-9-5-6-10-24(23)29)16-22-8-7-14-32(22)17-26-31-25(18-36-26)27(34)30-21-12-11-19(2)20(3)15-21/h5-12,14-15,18H,4,13,16-17H2,1-3H3,(H,30,34). The first-order valence-electron chi connectivity index (χ1n) is 11.9. The van der Waals surface area contributed by atoms with E-state index in [-0.39, 0.29) is 11.8 Å². The molecule has 4 rings (SSSR count). The molecule has 0 aliphatic rings. The third-order valence-corrected chi connectivity index (χ3v) is 7.18. The minimum Gasteiger partial charge on any atom is -0.343 e. The number of benzene rings is 2. The summed E-state index contributed by atoms with van der Waals surface area (Å²) in [4.78, 5) is 32.3. The molecule has 2 heterocycles. The number of rotatable bonds is 9. The summed E-state index contributed by atoms with van der Waals surface area (Å²) in [6.07, 6.45) is 2.80. The third-order valence-electron chi connectivity index (χ3n) is 6.02. The van der Waals surface area contributed by atoms with Crippen LogP contribution in [0.3, 0.4) is 0 Å². The van der Waals surface area contributed by atoms with Crippen molar-refractivity contribution in [3.8, 4) is 0 Å². The van der Waals surface area contributed by atoms with Crippen LogP contribution in [0.25, 0.3) is 0 Å². The molecule has 0 bridgehead atoms. The number of nitrogens with zero attached hydrogens (tertiary/aromatic N) is 3. The molecule has 2 amide bonds. The zero-order valence-corrected chi connectivity index (χ0v) is 22.2. The Balaban J connectivity index is 1.45. The molecule has 1 N–H and O–H groups in total. The lowest BCUT2D eigenvalue weighted by Crippen LogP contribution is -2.32. The number of nitrogens with one attached hydrogen (secondary N) is 1. The molecule has 0 aliphatic heterocycles. The van der Waals surface area contributed by atoms with E-state index in [0.717, 1.165) is 28.4 Å². The van der Waals surface area contributed by atoms with E-state index < -0.39 is 0 Å². The van der Waals surface area contributed by atoms with Gasteiger partial charge in [0.25, 0.3) is 11.8 Å². The number of anilines is 1. The summed E-state index contributed by atoms with van der Waals surface area (Å²) in [6.45, 7) is 7.70. The van der Waals surface area contributed by atoms with E-state index in [1.54, 1.807) is 17.5 Å². The molecule has 36 heavy (non-hydrogen) atoms. The minimum absolute atomic E-state index is 0.0882. The molecule has 186 valence electrons. The van der Waals surface area contributed by atoms with Crippen LogP contribution in [0.1, 0.15) is 56.0 Å². The van der Waals surface area contributed by atoms with E-state index >= 15 is 0 Å². The highest BCUT2D eigenvalue weighted by Gasteiger charge is 2.19. The largest absolute Gasteiger partial charge is 0.343 e. The second-order valence-electron chi connectivity index (χ2n) is 8.71. The number of amides is 2. The highest BCUT2D eigenvalue weighted by molar-refractivity contribution is 7.09. The molecule has 0 saturated heterocycles. The lowest BCUT2D eigenvalue weighted by Gasteiger charge is -2.23. The molecular formula is C28H29ClN4O2S. The maximum atomic E-state index is 13.2. The van der Waals surface area contributed by atoms with Crippen molar-refractivity contribution in [2.45, 2.75) is 40.3 Å². The van der Waals surface area contributed by atoms with Gasteiger partial charge in [0.1, 0.15) is 10.7 Å². The van der Waals surface area contributed by atoms with Gasteiger partial charge in [0, 0.05) is 29.5 Å². The number of aromatic nitrogens is 2. The first-order chi connectivity index (χ1) is 17.4. The van der Waals surface area contributed by atoms with Gasteiger partial charge in [0.15, 0.2) is 0 Å². The molecule has 0 saturated carbocycles. The number of thiazole rings is 1. The molecule has 4 aromatic rings. The summed E-state index contributed by atoms with van der Waals surface area (Å²) < 4.78 is 2.06. The maximum absolute atomic E-state index is 13.2. The van der Waals surface area contributed by atoms with Gasteiger partial charge in [-0.05, 0) is 67.8 Å². The molecule has 0 atom stereocenters. The van der Waals surface area contributed by atoms with Crippen LogP contribution in [-0.2, 0) is 13.1 Å². The number of aryl methyl sites for hydroxylation is 2. The smallest absolute Gasteiger partial charge is 0.275 e. The predicted octanol–water partition coefficient (Wildman–Crippen LogP) is 6.57. The van der Waals surface area contributed by atoms with Crippen LogP contribution in [0.4, 0.5) is 5.69 Å². The molecule has 2 aromatic heterocycles. The van der Waals surface area contributed by atoms with Crippen molar-refractivity contribution in [1.29, 1.82) is 0 Å². The second kappa shape index (κ2) is 11.5. The Bertz CT molecular complexity index is 1380. The molecule has 0 spiro atoms. The van der Waals surface area contributed by atoms with E-state index in [0.29, 0.717) is 35.9 Å². The minimum atomic E-state index is -0.229. The van der Waals surface area contributed by atoms with Gasteiger partial charge in [-0.15, -0.1) is 11.3 Å². The van der Waals surface area contributed by atoms with Crippen LogP contribution < -0.4 is 5.32 Å². The number of carbonyl (C=O) groups is 2. The average Bonchev–Trinajstić information content (AvgIpc) is 3.51. The van der Waals surface area contributed by atoms with Gasteiger partial charge in [-0.3, -0.25) is 9.59 Å². The van der Waals surface area contributed by atoms with Crippen molar-refractivity contribution < 1.29 is 9.59 Å². The highest BCUT2D eigenvalue weighted by atomic mass is 35.5. The average molecular weight is 521 g/mol. The number of hydrogen-bond acceptors (Lipinski definition) is 4. The SMILES string of the molecule is CCCN(Cc1cccn1Cc1nc(C(=O)Nc2ccc(C)c(C)c2)cs1)C(=O)c1ccccc1Cl. The molecule has 0 aliphatic carbocycles. The summed E-state index contributed by atoms with van der Waals surface area (Å²) in [6, 6.07) is 16.9. The van der Waals surface area contributed by atoms with E-state index in [1.165, 1.54) is 16.9 Å². The Morgan fingerprint density at radius 2 is 1.89 bits per heavy atom. The van der Waals surface area contributed by atoms with Crippen LogP contribution in [0, 0.1) is 13.8 Å². The monoisotopic (exact) mass is 520 g/mol. The zero-order valence-electron chi connectivity index (χ0n) is 20.6. The first kappa shape index (κ1) is 25.7. The fourth-order valence-electron chi connectivity index (χ4n) is 3.92. The Hall–Kier alpha value is -3.42. The molecule has 0 unspecified atom stereocenters. The van der Waals surface area contributed by atoms with Crippen molar-refractivity contribution in [2.75, 3.05) is 11.9 Å². The van der Waals surface area contributed by atoms with Gasteiger partial charge in [-0.1, -0.05) is 36.7 Å². The lowest BCUT2D eigenvalue weighted by molar-refractivity contribution is 0.0739. The summed E-state index contributed by atoms with van der Waals surface area (Å²) in [5, 5.41) is 5.97. The Kier molecular flexibility index (Phi) is 8.23. The predicted molar refractivity (Wildman–Crippen MR) is 146 cm³/mol. The van der Waals surface area contributed by atoms with Gasteiger partial charge in [-0.2, -0.15) is 0 Å². The van der Waals surface area contributed by atoms with E-state index in [1.807, 2.05) is 74.3 Å². The topological polar surface area (TPSA) is 67.2 Å². The number of halogens is 1. The first-order valence-corrected chi connectivity index (χ1v) is 13.1. The van der Waals surface area contributed by atoms with E-state index in [9.17, 15) is 9.59 Å². The molecule has 0 fully saturated rings. The molecule has 8 heteroatoms. The summed E-state index contributed by atoms with van der Waals surface area (Å²) in [5.74, 6) is -0.317. The second-order valence-corrected chi connectivity index (χ2v) is 10.1.